The minimum Gasteiger partial charge on any atom is -0.389 e. The van der Waals surface area contributed by atoms with Crippen molar-refractivity contribution in [3.63, 3.8) is 0 Å². The fourth-order valence-corrected chi connectivity index (χ4v) is 2.69. The zero-order chi connectivity index (χ0) is 11.6. The normalized spacial score (nSPS) is 17.8. The van der Waals surface area contributed by atoms with Gasteiger partial charge in [-0.2, -0.15) is 0 Å². The SMILES string of the molecule is CC(C)CCCC1(O)Cc2ccccc2C1. The van der Waals surface area contributed by atoms with Crippen LogP contribution in [0.2, 0.25) is 0 Å². The molecule has 1 nitrogen and oxygen atoms in total. The van der Waals surface area contributed by atoms with E-state index in [2.05, 4.69) is 38.1 Å². The molecule has 1 N–H and O–H groups in total. The first-order chi connectivity index (χ1) is 7.59. The highest BCUT2D eigenvalue weighted by Crippen LogP contribution is 2.33. The first-order valence-electron chi connectivity index (χ1n) is 6.38. The molecule has 88 valence electrons. The molecular weight excluding hydrogens is 196 g/mol. The Morgan fingerprint density at radius 2 is 1.75 bits per heavy atom. The molecule has 1 aliphatic carbocycles. The maximum absolute atomic E-state index is 10.5. The maximum Gasteiger partial charge on any atom is 0.0728 e. The van der Waals surface area contributed by atoms with Crippen molar-refractivity contribution in [3.05, 3.63) is 35.4 Å². The number of rotatable bonds is 4. The predicted octanol–water partition coefficient (Wildman–Crippen LogP) is 3.34. The molecule has 0 aliphatic heterocycles. The first-order valence-corrected chi connectivity index (χ1v) is 6.38. The largest absolute Gasteiger partial charge is 0.389 e. The monoisotopic (exact) mass is 218 g/mol. The van der Waals surface area contributed by atoms with Crippen LogP contribution < -0.4 is 0 Å². The van der Waals surface area contributed by atoms with E-state index in [9.17, 15) is 5.11 Å². The van der Waals surface area contributed by atoms with Gasteiger partial charge in [0.1, 0.15) is 0 Å². The second-order valence-electron chi connectivity index (χ2n) is 5.63. The number of hydrogen-bond donors (Lipinski definition) is 1. The van der Waals surface area contributed by atoms with Gasteiger partial charge < -0.3 is 5.11 Å². The lowest BCUT2D eigenvalue weighted by Crippen LogP contribution is -2.29. The van der Waals surface area contributed by atoms with Crippen LogP contribution in [0.4, 0.5) is 0 Å². The van der Waals surface area contributed by atoms with Crippen LogP contribution >= 0.6 is 0 Å². The van der Waals surface area contributed by atoms with Gasteiger partial charge in [0.15, 0.2) is 0 Å². The predicted molar refractivity (Wildman–Crippen MR) is 67.5 cm³/mol. The second-order valence-corrected chi connectivity index (χ2v) is 5.63. The molecule has 1 aromatic carbocycles. The summed E-state index contributed by atoms with van der Waals surface area (Å²) in [7, 11) is 0. The summed E-state index contributed by atoms with van der Waals surface area (Å²) < 4.78 is 0. The highest BCUT2D eigenvalue weighted by Gasteiger charge is 2.34. The fraction of sp³-hybridized carbons (Fsp3) is 0.600. The second kappa shape index (κ2) is 4.58. The third-order valence-corrected chi connectivity index (χ3v) is 3.58. The third-order valence-electron chi connectivity index (χ3n) is 3.58. The highest BCUT2D eigenvalue weighted by atomic mass is 16.3. The summed E-state index contributed by atoms with van der Waals surface area (Å²) in [6.45, 7) is 4.49. The summed E-state index contributed by atoms with van der Waals surface area (Å²) >= 11 is 0. The molecule has 0 fully saturated rings. The van der Waals surface area contributed by atoms with Crippen molar-refractivity contribution in [2.45, 2.75) is 51.6 Å². The van der Waals surface area contributed by atoms with Gasteiger partial charge in [0.05, 0.1) is 5.60 Å². The molecule has 0 unspecified atom stereocenters. The number of benzene rings is 1. The topological polar surface area (TPSA) is 20.2 Å². The minimum absolute atomic E-state index is 0.460. The Morgan fingerprint density at radius 1 is 1.19 bits per heavy atom. The van der Waals surface area contributed by atoms with E-state index in [1.165, 1.54) is 17.5 Å². The highest BCUT2D eigenvalue weighted by molar-refractivity contribution is 5.35. The summed E-state index contributed by atoms with van der Waals surface area (Å²) in [4.78, 5) is 0. The Labute approximate surface area is 98.5 Å². The summed E-state index contributed by atoms with van der Waals surface area (Å²) in [6.07, 6.45) is 5.00. The molecule has 1 aliphatic rings. The van der Waals surface area contributed by atoms with E-state index in [4.69, 9.17) is 0 Å². The minimum atomic E-state index is -0.460. The molecule has 1 aromatic rings. The summed E-state index contributed by atoms with van der Waals surface area (Å²) in [5.74, 6) is 0.743. The Hall–Kier alpha value is -0.820. The number of aliphatic hydroxyl groups is 1. The van der Waals surface area contributed by atoms with Gasteiger partial charge in [-0.15, -0.1) is 0 Å². The Bertz CT molecular complexity index is 329. The van der Waals surface area contributed by atoms with Crippen molar-refractivity contribution in [3.8, 4) is 0 Å². The summed E-state index contributed by atoms with van der Waals surface area (Å²) in [5, 5.41) is 10.5. The molecule has 0 aromatic heterocycles. The van der Waals surface area contributed by atoms with Crippen LogP contribution in [-0.4, -0.2) is 10.7 Å². The van der Waals surface area contributed by atoms with Crippen molar-refractivity contribution < 1.29 is 5.11 Å². The van der Waals surface area contributed by atoms with Crippen molar-refractivity contribution in [1.29, 1.82) is 0 Å². The smallest absolute Gasteiger partial charge is 0.0728 e. The standard InChI is InChI=1S/C15H22O/c1-12(2)6-5-9-15(16)10-13-7-3-4-8-14(13)11-15/h3-4,7-8,12,16H,5-6,9-11H2,1-2H3. The quantitative estimate of drug-likeness (QED) is 0.821. The van der Waals surface area contributed by atoms with E-state index in [0.29, 0.717) is 0 Å². The molecule has 0 heterocycles. The zero-order valence-corrected chi connectivity index (χ0v) is 10.4. The van der Waals surface area contributed by atoms with Crippen LogP contribution in [-0.2, 0) is 12.8 Å². The molecular formula is C15H22O. The van der Waals surface area contributed by atoms with Gasteiger partial charge in [0.2, 0.25) is 0 Å². The Balaban J connectivity index is 1.93. The van der Waals surface area contributed by atoms with E-state index in [0.717, 1.165) is 31.6 Å². The van der Waals surface area contributed by atoms with Crippen LogP contribution in [0, 0.1) is 5.92 Å². The molecule has 0 saturated carbocycles. The molecule has 2 rings (SSSR count). The Morgan fingerprint density at radius 3 is 2.25 bits per heavy atom. The molecule has 0 saturated heterocycles. The molecule has 0 amide bonds. The van der Waals surface area contributed by atoms with Gasteiger partial charge in [-0.1, -0.05) is 51.0 Å². The van der Waals surface area contributed by atoms with Gasteiger partial charge in [0.25, 0.3) is 0 Å². The lowest BCUT2D eigenvalue weighted by atomic mass is 9.92. The molecule has 0 spiro atoms. The molecule has 16 heavy (non-hydrogen) atoms. The van der Waals surface area contributed by atoms with Crippen LogP contribution in [0.5, 0.6) is 0 Å². The average molecular weight is 218 g/mol. The van der Waals surface area contributed by atoms with Gasteiger partial charge >= 0.3 is 0 Å². The van der Waals surface area contributed by atoms with E-state index in [1.807, 2.05) is 0 Å². The first kappa shape index (κ1) is 11.7. The summed E-state index contributed by atoms with van der Waals surface area (Å²) in [5.41, 5.74) is 2.22. The van der Waals surface area contributed by atoms with Gasteiger partial charge in [0, 0.05) is 12.8 Å². The fourth-order valence-electron chi connectivity index (χ4n) is 2.69. The van der Waals surface area contributed by atoms with Crippen LogP contribution in [0.1, 0.15) is 44.2 Å². The summed E-state index contributed by atoms with van der Waals surface area (Å²) in [6, 6.07) is 8.43. The van der Waals surface area contributed by atoms with Crippen LogP contribution in [0.25, 0.3) is 0 Å². The number of hydrogen-bond acceptors (Lipinski definition) is 1. The van der Waals surface area contributed by atoms with Crippen molar-refractivity contribution >= 4 is 0 Å². The maximum atomic E-state index is 10.5. The van der Waals surface area contributed by atoms with E-state index in [-0.39, 0.29) is 0 Å². The Kier molecular flexibility index (Phi) is 3.34. The third kappa shape index (κ3) is 2.65. The van der Waals surface area contributed by atoms with E-state index >= 15 is 0 Å². The average Bonchev–Trinajstić information content (AvgIpc) is 2.53. The van der Waals surface area contributed by atoms with E-state index < -0.39 is 5.60 Å². The van der Waals surface area contributed by atoms with Crippen LogP contribution in [0.15, 0.2) is 24.3 Å². The zero-order valence-electron chi connectivity index (χ0n) is 10.4. The number of fused-ring (bicyclic) bond motifs is 1. The van der Waals surface area contributed by atoms with Crippen molar-refractivity contribution in [2.24, 2.45) is 5.92 Å². The van der Waals surface area contributed by atoms with Gasteiger partial charge in [-0.05, 0) is 23.5 Å². The van der Waals surface area contributed by atoms with Crippen molar-refractivity contribution in [1.82, 2.24) is 0 Å². The molecule has 0 bridgehead atoms. The lowest BCUT2D eigenvalue weighted by Gasteiger charge is -2.22. The molecule has 1 heteroatoms. The lowest BCUT2D eigenvalue weighted by molar-refractivity contribution is 0.0390. The van der Waals surface area contributed by atoms with Gasteiger partial charge in [-0.3, -0.25) is 0 Å². The van der Waals surface area contributed by atoms with Crippen LogP contribution in [0.3, 0.4) is 0 Å². The van der Waals surface area contributed by atoms with E-state index in [1.54, 1.807) is 0 Å². The molecule has 0 radical (unpaired) electrons. The van der Waals surface area contributed by atoms with Crippen molar-refractivity contribution in [2.75, 3.05) is 0 Å². The van der Waals surface area contributed by atoms with Gasteiger partial charge in [-0.25, -0.2) is 0 Å². The molecule has 0 atom stereocenters.